The van der Waals surface area contributed by atoms with Crippen LogP contribution in [0.5, 0.6) is 0 Å². The predicted molar refractivity (Wildman–Crippen MR) is 461 cm³/mol. The minimum atomic E-state index is -0.0281. The highest BCUT2D eigenvalue weighted by Gasteiger charge is 2.34. The zero-order valence-corrected chi connectivity index (χ0v) is 65.9. The normalized spacial score (nSPS) is 12.6. The number of nitrogens with zero attached hydrogens (tertiary/aromatic N) is 6. The van der Waals surface area contributed by atoms with Crippen LogP contribution in [0.3, 0.4) is 0 Å². The van der Waals surface area contributed by atoms with Crippen molar-refractivity contribution in [3.05, 3.63) is 177 Å². The van der Waals surface area contributed by atoms with Crippen LogP contribution in [0.4, 0.5) is 11.4 Å². The Bertz CT molecular complexity index is 4610. The Balaban J connectivity index is 0.846. The molecule has 0 bridgehead atoms. The summed E-state index contributed by atoms with van der Waals surface area (Å²) in [5, 5.41) is 11.8. The number of hydrogen-bond acceptors (Lipinski definition) is 4. The smallest absolute Gasteiger partial charge is 0.264 e. The number of aromatic nitrogens is 4. The second kappa shape index (κ2) is 38.0. The fraction of sp³-hybridized carbons (Fsp3) is 0.510. The van der Waals surface area contributed by atoms with Gasteiger partial charge in [-0.15, -0.1) is 0 Å². The fourth-order valence-corrected chi connectivity index (χ4v) is 19.1. The molecule has 8 heteroatoms. The lowest BCUT2D eigenvalue weighted by molar-refractivity contribution is 0.251. The maximum atomic E-state index is 15.5. The summed E-state index contributed by atoms with van der Waals surface area (Å²) >= 11 is 0. The number of imidazole rings is 2. The lowest BCUT2D eigenvalue weighted by Gasteiger charge is -2.39. The van der Waals surface area contributed by atoms with E-state index < -0.39 is 0 Å². The highest BCUT2D eigenvalue weighted by Crippen LogP contribution is 2.47. The van der Waals surface area contributed by atoms with Gasteiger partial charge in [-0.1, -0.05) is 318 Å². The maximum absolute atomic E-state index is 15.5. The van der Waals surface area contributed by atoms with Gasteiger partial charge >= 0.3 is 0 Å². The van der Waals surface area contributed by atoms with Crippen LogP contribution in [-0.4, -0.2) is 44.9 Å². The van der Waals surface area contributed by atoms with Crippen molar-refractivity contribution < 1.29 is 0 Å². The molecule has 13 aromatic rings. The van der Waals surface area contributed by atoms with Crippen molar-refractivity contribution >= 4 is 109 Å². The zero-order chi connectivity index (χ0) is 72.9. The first-order valence-electron chi connectivity index (χ1n) is 43.5. The van der Waals surface area contributed by atoms with Crippen LogP contribution in [0.15, 0.2) is 155 Å². The van der Waals surface area contributed by atoms with Gasteiger partial charge in [0, 0.05) is 67.7 Å². The van der Waals surface area contributed by atoms with E-state index in [1.54, 1.807) is 0 Å². The molecule has 0 fully saturated rings. The van der Waals surface area contributed by atoms with Crippen molar-refractivity contribution in [3.8, 4) is 0 Å². The van der Waals surface area contributed by atoms with Crippen LogP contribution in [0.2, 0.25) is 0 Å². The molecule has 13 rings (SSSR count). The van der Waals surface area contributed by atoms with Crippen LogP contribution in [0, 0.1) is 0 Å². The topological polar surface area (TPSA) is 68.7 Å². The molecule has 8 nitrogen and oxygen atoms in total. The van der Waals surface area contributed by atoms with E-state index in [1.165, 1.54) is 279 Å². The molecule has 106 heavy (non-hydrogen) atoms. The Morgan fingerprint density at radius 1 is 0.264 bits per heavy atom. The lowest BCUT2D eigenvalue weighted by atomic mass is 9.86. The number of hydrogen-bond donors (Lipinski definition) is 0. The number of benzene rings is 9. The summed E-state index contributed by atoms with van der Waals surface area (Å²) in [7, 11) is 0. The number of unbranched alkanes of at least 4 members (excludes halogenated alkanes) is 36. The Morgan fingerprint density at radius 2 is 0.509 bits per heavy atom. The largest absolute Gasteiger partial charge is 0.287 e. The van der Waals surface area contributed by atoms with E-state index in [9.17, 15) is 0 Å². The molecule has 0 saturated heterocycles. The van der Waals surface area contributed by atoms with Gasteiger partial charge in [0.15, 0.2) is 0 Å². The van der Waals surface area contributed by atoms with Gasteiger partial charge in [-0.2, -0.15) is 0 Å². The molecule has 0 aliphatic carbocycles. The van der Waals surface area contributed by atoms with Crippen molar-refractivity contribution in [2.75, 3.05) is 26.2 Å². The summed E-state index contributed by atoms with van der Waals surface area (Å²) in [6, 6.07) is 53.9. The molecule has 0 unspecified atom stereocenters. The first-order chi connectivity index (χ1) is 52.3. The van der Waals surface area contributed by atoms with E-state index >= 15 is 9.59 Å². The molecule has 0 amide bonds. The lowest BCUT2D eigenvalue weighted by Crippen LogP contribution is -2.50. The minimum Gasteiger partial charge on any atom is -0.287 e. The molecular weight excluding hydrogens is 1290 g/mol. The van der Waals surface area contributed by atoms with Crippen LogP contribution < -0.4 is 20.1 Å². The van der Waals surface area contributed by atoms with E-state index in [1.807, 2.05) is 8.80 Å². The average Bonchev–Trinajstić information content (AvgIpc) is 0.951. The standard InChI is InChI=1S/C98H128N6O2/c1-5-9-13-17-21-25-29-33-37-47-67-103(73-75-51-43-41-44-52-75,68-48-38-34-30-26-22-18-14-10-6-2)77-55-65-89-87(71-77)99-95-83-61-57-79-82-60-64-86-94-84(62-58-80(92(82)94)81-59-63-85(93(83)91(79)81)97(105)101(89)95)96-100-88-72-78(56-66-90(88)102(96)98(86)106)104(74-76-53-45-42-46-54-76,69-49-39-35-31-27-23-19-15-11-7-3)70-50-40-36-32-28-24-20-16-12-8-4/h41-46,51-66,71-72H,5-40,47-50,67-70,73-74H2,1-4H3/q+2. The van der Waals surface area contributed by atoms with Crippen LogP contribution in [0.1, 0.15) is 296 Å². The van der Waals surface area contributed by atoms with Crippen molar-refractivity contribution in [2.24, 2.45) is 0 Å². The molecule has 0 aliphatic rings. The molecule has 0 N–H and O–H groups in total. The summed E-state index contributed by atoms with van der Waals surface area (Å²) in [4.78, 5) is 42.2. The van der Waals surface area contributed by atoms with Crippen molar-refractivity contribution in [1.82, 2.24) is 27.7 Å². The second-order valence-electron chi connectivity index (χ2n) is 32.8. The van der Waals surface area contributed by atoms with Crippen molar-refractivity contribution in [3.63, 3.8) is 0 Å². The summed E-state index contributed by atoms with van der Waals surface area (Å²) in [5.74, 6) is 0. The summed E-state index contributed by atoms with van der Waals surface area (Å²) in [6.07, 6.45) is 52.8. The Morgan fingerprint density at radius 3 is 0.792 bits per heavy atom. The molecule has 4 aromatic heterocycles. The quantitative estimate of drug-likeness (QED) is 0.0165. The first-order valence-corrected chi connectivity index (χ1v) is 43.5. The molecule has 560 valence electrons. The summed E-state index contributed by atoms with van der Waals surface area (Å²) in [5.41, 5.74) is 10.2. The molecule has 0 aliphatic heterocycles. The van der Waals surface area contributed by atoms with E-state index in [-0.39, 0.29) is 11.1 Å². The van der Waals surface area contributed by atoms with E-state index in [0.29, 0.717) is 10.8 Å². The number of quaternary nitrogens is 2. The number of fused-ring (bicyclic) bond motifs is 10. The Kier molecular flexibility index (Phi) is 27.5. The molecule has 0 radical (unpaired) electrons. The average molecular weight is 1420 g/mol. The van der Waals surface area contributed by atoms with Gasteiger partial charge in [0.2, 0.25) is 0 Å². The van der Waals surface area contributed by atoms with E-state index in [4.69, 9.17) is 9.97 Å². The van der Waals surface area contributed by atoms with Gasteiger partial charge in [0.1, 0.15) is 35.8 Å². The third kappa shape index (κ3) is 17.5. The third-order valence-electron chi connectivity index (χ3n) is 25.0. The Labute approximate surface area is 634 Å². The highest BCUT2D eigenvalue weighted by atomic mass is 16.1. The van der Waals surface area contributed by atoms with Crippen LogP contribution in [0.25, 0.3) is 98.0 Å². The Hall–Kier alpha value is -7.52. The van der Waals surface area contributed by atoms with Crippen LogP contribution >= 0.6 is 0 Å². The number of rotatable bonds is 50. The SMILES string of the molecule is CCCCCCCCCCCC[N+](CCCCCCCCCCCC)(Cc1ccccc1)c1ccc2c(c1)nc1c3ccc4c5ccc6c(=O)n7c8ccc([N+](CCCCCCCCCCCC)(CCCCCCCCCCCC)Cc9ccccc9)cc8nc7c7ccc(c8ccc(c(=O)n21)c3c84)c5c67. The summed E-state index contributed by atoms with van der Waals surface area (Å²) in [6.45, 7) is 15.4. The minimum absolute atomic E-state index is 0.0281. The van der Waals surface area contributed by atoms with Crippen molar-refractivity contribution in [1.29, 1.82) is 0 Å². The predicted octanol–water partition coefficient (Wildman–Crippen LogP) is 27.9. The van der Waals surface area contributed by atoms with Crippen molar-refractivity contribution in [2.45, 2.75) is 298 Å². The van der Waals surface area contributed by atoms with Crippen LogP contribution in [-0.2, 0) is 13.1 Å². The van der Waals surface area contributed by atoms with Gasteiger partial charge in [0.25, 0.3) is 11.1 Å². The molecular formula is C98H128N6O2+2. The fourth-order valence-electron chi connectivity index (χ4n) is 19.1. The molecule has 0 saturated carbocycles. The second-order valence-corrected chi connectivity index (χ2v) is 32.8. The third-order valence-corrected chi connectivity index (χ3v) is 25.0. The first kappa shape index (κ1) is 76.7. The van der Waals surface area contributed by atoms with Gasteiger partial charge in [-0.3, -0.25) is 27.4 Å². The van der Waals surface area contributed by atoms with Gasteiger partial charge in [0.05, 0.1) is 48.2 Å². The van der Waals surface area contributed by atoms with Gasteiger partial charge < -0.3 is 0 Å². The molecule has 9 aromatic carbocycles. The monoisotopic (exact) mass is 1420 g/mol. The summed E-state index contributed by atoms with van der Waals surface area (Å²) < 4.78 is 5.61. The highest BCUT2D eigenvalue weighted by molar-refractivity contribution is 6.40. The van der Waals surface area contributed by atoms with E-state index in [0.717, 1.165) is 135 Å². The molecule has 0 spiro atoms. The maximum Gasteiger partial charge on any atom is 0.264 e. The van der Waals surface area contributed by atoms with Gasteiger partial charge in [-0.25, -0.2) is 9.97 Å². The van der Waals surface area contributed by atoms with E-state index in [2.05, 4.69) is 173 Å². The van der Waals surface area contributed by atoms with Gasteiger partial charge in [-0.05, 0) is 120 Å². The molecule has 0 atom stereocenters. The molecule has 4 heterocycles. The zero-order valence-electron chi connectivity index (χ0n) is 65.9. The number of pyridine rings is 2.